The molecule has 0 heterocycles. The lowest BCUT2D eigenvalue weighted by Crippen LogP contribution is -2.38. The van der Waals surface area contributed by atoms with Crippen molar-refractivity contribution in [2.24, 2.45) is 0 Å². The van der Waals surface area contributed by atoms with Gasteiger partial charge in [0.05, 0.1) is 0 Å². The molecule has 0 aromatic carbocycles. The van der Waals surface area contributed by atoms with Crippen molar-refractivity contribution in [1.29, 1.82) is 0 Å². The Morgan fingerprint density at radius 3 is 1.31 bits per heavy atom. The Bertz CT molecular complexity index is 311. The van der Waals surface area contributed by atoms with Crippen molar-refractivity contribution >= 4 is 26.5 Å². The van der Waals surface area contributed by atoms with Gasteiger partial charge in [0, 0.05) is 60.0 Å². The van der Waals surface area contributed by atoms with Gasteiger partial charge in [-0.25, -0.2) is 4.79 Å². The summed E-state index contributed by atoms with van der Waals surface area (Å²) in [6, 6.07) is -0.124. The first-order valence-electron chi connectivity index (χ1n) is 9.98. The van der Waals surface area contributed by atoms with E-state index < -0.39 is 0 Å². The molecule has 0 saturated heterocycles. The summed E-state index contributed by atoms with van der Waals surface area (Å²) in [5.74, 6) is 0. The van der Waals surface area contributed by atoms with Crippen LogP contribution in [0.5, 0.6) is 0 Å². The molecule has 2 atom stereocenters. The van der Waals surface area contributed by atoms with Gasteiger partial charge in [-0.3, -0.25) is 0 Å². The quantitative estimate of drug-likeness (QED) is 0.281. The molecule has 0 aliphatic carbocycles. The summed E-state index contributed by atoms with van der Waals surface area (Å²) < 4.78 is 22.5. The molecule has 0 saturated carbocycles. The Labute approximate surface area is 165 Å². The average molecular weight is 409 g/mol. The molecule has 0 bridgehead atoms. The third-order valence-corrected chi connectivity index (χ3v) is 6.27. The lowest BCUT2D eigenvalue weighted by atomic mass is 10.2. The lowest BCUT2D eigenvalue weighted by molar-refractivity contribution is -0.139. The number of carbonyl (C=O) groups is 1. The van der Waals surface area contributed by atoms with Crippen LogP contribution in [0.2, 0.25) is 11.1 Å². The van der Waals surface area contributed by atoms with E-state index in [9.17, 15) is 4.79 Å². The van der Waals surface area contributed by atoms with E-state index in [-0.39, 0.29) is 18.6 Å². The predicted octanol–water partition coefficient (Wildman–Crippen LogP) is 0.172. The second kappa shape index (κ2) is 16.7. The standard InChI is InChI=1S/C17H40N2O5Si2/c1-5-21-15(22-6-2)13(25)9-11-18-17(20)19-12-10-14(26)16(23-7-3)24-8-4/h13-16H,5-12H2,1-4,25-26H3,(H2,18,19,20). The van der Waals surface area contributed by atoms with Crippen LogP contribution < -0.4 is 10.6 Å². The number of amides is 2. The van der Waals surface area contributed by atoms with Crippen molar-refractivity contribution in [3.05, 3.63) is 0 Å². The molecular formula is C17H40N2O5Si2. The fourth-order valence-corrected chi connectivity index (χ4v) is 3.92. The molecule has 0 aliphatic rings. The molecule has 2 unspecified atom stereocenters. The van der Waals surface area contributed by atoms with E-state index in [1.807, 2.05) is 27.7 Å². The van der Waals surface area contributed by atoms with E-state index >= 15 is 0 Å². The van der Waals surface area contributed by atoms with Gasteiger partial charge < -0.3 is 29.6 Å². The van der Waals surface area contributed by atoms with Crippen molar-refractivity contribution in [1.82, 2.24) is 10.6 Å². The number of rotatable bonds is 16. The zero-order chi connectivity index (χ0) is 19.8. The van der Waals surface area contributed by atoms with Gasteiger partial charge in [0.1, 0.15) is 0 Å². The summed E-state index contributed by atoms with van der Waals surface area (Å²) >= 11 is 0. The lowest BCUT2D eigenvalue weighted by Gasteiger charge is -2.24. The van der Waals surface area contributed by atoms with E-state index in [1.165, 1.54) is 0 Å². The molecule has 7 nitrogen and oxygen atoms in total. The molecule has 0 aromatic heterocycles. The van der Waals surface area contributed by atoms with Crippen LogP contribution in [0, 0.1) is 0 Å². The van der Waals surface area contributed by atoms with E-state index in [4.69, 9.17) is 18.9 Å². The second-order valence-corrected chi connectivity index (χ2v) is 9.24. The van der Waals surface area contributed by atoms with Gasteiger partial charge in [0.15, 0.2) is 12.6 Å². The monoisotopic (exact) mass is 408 g/mol. The number of nitrogens with one attached hydrogen (secondary N) is 2. The van der Waals surface area contributed by atoms with Gasteiger partial charge in [-0.15, -0.1) is 0 Å². The maximum atomic E-state index is 11.9. The second-order valence-electron chi connectivity index (χ2n) is 6.27. The summed E-state index contributed by atoms with van der Waals surface area (Å²) in [6.07, 6.45) is 1.43. The number of ether oxygens (including phenoxy) is 4. The largest absolute Gasteiger partial charge is 0.353 e. The first-order chi connectivity index (χ1) is 12.5. The molecule has 2 N–H and O–H groups in total. The molecular weight excluding hydrogens is 368 g/mol. The van der Waals surface area contributed by atoms with Crippen molar-refractivity contribution in [3.63, 3.8) is 0 Å². The number of hydrogen-bond acceptors (Lipinski definition) is 5. The smallest absolute Gasteiger partial charge is 0.314 e. The van der Waals surface area contributed by atoms with Crippen molar-refractivity contribution in [2.75, 3.05) is 39.5 Å². The fourth-order valence-electron chi connectivity index (χ4n) is 2.57. The summed E-state index contributed by atoms with van der Waals surface area (Å²) in [4.78, 5) is 11.9. The minimum absolute atomic E-state index is 0.124. The normalized spacial score (nSPS) is 14.1. The summed E-state index contributed by atoms with van der Waals surface area (Å²) in [6.45, 7) is 11.7. The summed E-state index contributed by atoms with van der Waals surface area (Å²) in [7, 11) is 1.93. The fraction of sp³-hybridized carbons (Fsp3) is 0.941. The van der Waals surface area contributed by atoms with Crippen molar-refractivity contribution in [2.45, 2.75) is 64.2 Å². The van der Waals surface area contributed by atoms with Crippen LogP contribution in [0.25, 0.3) is 0 Å². The van der Waals surface area contributed by atoms with Gasteiger partial charge in [-0.2, -0.15) is 0 Å². The van der Waals surface area contributed by atoms with Crippen molar-refractivity contribution < 1.29 is 23.7 Å². The number of urea groups is 1. The highest BCUT2D eigenvalue weighted by Gasteiger charge is 2.19. The van der Waals surface area contributed by atoms with Crippen LogP contribution in [-0.4, -0.2) is 78.6 Å². The van der Waals surface area contributed by atoms with Crippen LogP contribution in [0.15, 0.2) is 0 Å². The molecule has 0 radical (unpaired) electrons. The Morgan fingerprint density at radius 2 is 1.04 bits per heavy atom. The maximum absolute atomic E-state index is 11.9. The minimum Gasteiger partial charge on any atom is -0.353 e. The topological polar surface area (TPSA) is 78.1 Å². The molecule has 156 valence electrons. The molecule has 26 heavy (non-hydrogen) atoms. The Kier molecular flexibility index (Phi) is 16.4. The molecule has 9 heteroatoms. The van der Waals surface area contributed by atoms with E-state index in [2.05, 4.69) is 10.6 Å². The molecule has 0 fully saturated rings. The van der Waals surface area contributed by atoms with Gasteiger partial charge in [0.2, 0.25) is 0 Å². The molecule has 0 rings (SSSR count). The predicted molar refractivity (Wildman–Crippen MR) is 112 cm³/mol. The molecule has 0 spiro atoms. The molecule has 2 amide bonds. The first kappa shape index (κ1) is 25.5. The highest BCUT2D eigenvalue weighted by Crippen LogP contribution is 2.17. The van der Waals surface area contributed by atoms with Crippen LogP contribution in [0.4, 0.5) is 4.79 Å². The summed E-state index contributed by atoms with van der Waals surface area (Å²) in [5.41, 5.74) is 0.721. The van der Waals surface area contributed by atoms with Gasteiger partial charge in [0.25, 0.3) is 0 Å². The van der Waals surface area contributed by atoms with E-state index in [0.717, 1.165) is 33.3 Å². The van der Waals surface area contributed by atoms with Gasteiger partial charge in [-0.05, 0) is 51.6 Å². The first-order valence-corrected chi connectivity index (χ1v) is 12.3. The van der Waals surface area contributed by atoms with E-state index in [0.29, 0.717) is 50.6 Å². The SMILES string of the molecule is CCOC(OCC)C([SiH3])CCNC(=O)NCCC([SiH3])C(OCC)OCC. The summed E-state index contributed by atoms with van der Waals surface area (Å²) in [5, 5.41) is 5.83. The Morgan fingerprint density at radius 1 is 0.731 bits per heavy atom. The van der Waals surface area contributed by atoms with Gasteiger partial charge in [-0.1, -0.05) is 0 Å². The van der Waals surface area contributed by atoms with E-state index in [1.54, 1.807) is 0 Å². The molecule has 0 aromatic rings. The third-order valence-electron chi connectivity index (χ3n) is 4.02. The van der Waals surface area contributed by atoms with Crippen molar-refractivity contribution in [3.8, 4) is 0 Å². The minimum atomic E-state index is -0.151. The molecule has 0 aliphatic heterocycles. The Hall–Kier alpha value is -0.456. The van der Waals surface area contributed by atoms with Crippen LogP contribution in [-0.2, 0) is 18.9 Å². The van der Waals surface area contributed by atoms with Gasteiger partial charge >= 0.3 is 6.03 Å². The average Bonchev–Trinajstić information content (AvgIpc) is 2.61. The maximum Gasteiger partial charge on any atom is 0.314 e. The zero-order valence-electron chi connectivity index (χ0n) is 17.5. The van der Waals surface area contributed by atoms with Crippen LogP contribution in [0.3, 0.4) is 0 Å². The highest BCUT2D eigenvalue weighted by molar-refractivity contribution is 6.12. The number of carbonyl (C=O) groups excluding carboxylic acids is 1. The number of hydrogen-bond donors (Lipinski definition) is 2. The zero-order valence-corrected chi connectivity index (χ0v) is 21.5. The Balaban J connectivity index is 3.97. The van der Waals surface area contributed by atoms with Crippen LogP contribution >= 0.6 is 0 Å². The van der Waals surface area contributed by atoms with Crippen LogP contribution in [0.1, 0.15) is 40.5 Å². The highest BCUT2D eigenvalue weighted by atomic mass is 28.1. The third kappa shape index (κ3) is 12.0.